The van der Waals surface area contributed by atoms with Crippen LogP contribution in [0.5, 0.6) is 5.75 Å². The normalized spacial score (nSPS) is 17.3. The molecule has 0 spiro atoms. The molecule has 0 bridgehead atoms. The number of fused-ring (bicyclic) bond motifs is 3. The molecule has 170 valence electrons. The molecular weight excluding hydrogens is 466 g/mol. The molecule has 1 unspecified atom stereocenters. The maximum Gasteiger partial charge on any atom is 0.259 e. The Hall–Kier alpha value is -3.16. The summed E-state index contributed by atoms with van der Waals surface area (Å²) in [6.07, 6.45) is 0.176. The highest BCUT2D eigenvalue weighted by Gasteiger charge is 2.39. The number of nitrogens with one attached hydrogen (secondary N) is 4. The maximum absolute atomic E-state index is 14.1. The molecule has 1 amide bonds. The number of amides is 1. The lowest BCUT2D eigenvalue weighted by Crippen LogP contribution is -2.31. The van der Waals surface area contributed by atoms with E-state index in [0.29, 0.717) is 33.5 Å². The van der Waals surface area contributed by atoms with Crippen molar-refractivity contribution in [3.8, 4) is 5.75 Å². The van der Waals surface area contributed by atoms with Crippen molar-refractivity contribution < 1.29 is 13.9 Å². The van der Waals surface area contributed by atoms with Crippen LogP contribution in [-0.2, 0) is 6.42 Å². The van der Waals surface area contributed by atoms with E-state index in [-0.39, 0.29) is 5.69 Å². The first-order chi connectivity index (χ1) is 15.7. The highest BCUT2D eigenvalue weighted by atomic mass is 35.5. The Kier molecular flexibility index (Phi) is 5.26. The molecule has 9 heteroatoms. The van der Waals surface area contributed by atoms with Crippen molar-refractivity contribution in [3.05, 3.63) is 75.5 Å². The van der Waals surface area contributed by atoms with Crippen molar-refractivity contribution in [2.24, 2.45) is 0 Å². The van der Waals surface area contributed by atoms with Crippen molar-refractivity contribution in [2.45, 2.75) is 32.2 Å². The second-order valence-electron chi connectivity index (χ2n) is 8.59. The van der Waals surface area contributed by atoms with Crippen molar-refractivity contribution in [3.63, 3.8) is 0 Å². The maximum atomic E-state index is 14.1. The lowest BCUT2D eigenvalue weighted by molar-refractivity contribution is 0.101. The lowest BCUT2D eigenvalue weighted by atomic mass is 9.97. The van der Waals surface area contributed by atoms with E-state index < -0.39 is 23.6 Å². The minimum Gasteiger partial charge on any atom is -0.486 e. The summed E-state index contributed by atoms with van der Waals surface area (Å²) in [5.74, 6) is -0.479. The van der Waals surface area contributed by atoms with Gasteiger partial charge >= 0.3 is 0 Å². The smallest absolute Gasteiger partial charge is 0.259 e. The van der Waals surface area contributed by atoms with Gasteiger partial charge in [-0.25, -0.2) is 4.39 Å². The molecule has 2 aliphatic heterocycles. The van der Waals surface area contributed by atoms with E-state index in [0.717, 1.165) is 16.9 Å². The monoisotopic (exact) mass is 486 g/mol. The summed E-state index contributed by atoms with van der Waals surface area (Å²) in [4.78, 5) is 13.1. The molecule has 3 aromatic rings. The standard InChI is InChI=1S/C24H21Cl2FN4O2/c1-24(2)11-13-19-18(29-23(30-19)31-20-14(25)6-5-7-15(20)26)10-12(21(13)33-24)22(32)28-17-9-4-3-8-16(17)27/h3-10,23,29-31H,11H2,1-2H3,(H,28,32). The van der Waals surface area contributed by atoms with Crippen molar-refractivity contribution in [1.82, 2.24) is 0 Å². The van der Waals surface area contributed by atoms with E-state index in [4.69, 9.17) is 27.9 Å². The Morgan fingerprint density at radius 3 is 2.58 bits per heavy atom. The molecule has 0 aliphatic carbocycles. The number of hydrogen-bond acceptors (Lipinski definition) is 5. The van der Waals surface area contributed by atoms with Gasteiger partial charge in [-0.15, -0.1) is 0 Å². The Balaban J connectivity index is 1.48. The highest BCUT2D eigenvalue weighted by molar-refractivity contribution is 6.39. The second kappa shape index (κ2) is 8.01. The molecule has 3 aromatic carbocycles. The third kappa shape index (κ3) is 4.03. The minimum absolute atomic E-state index is 0.105. The predicted octanol–water partition coefficient (Wildman–Crippen LogP) is 6.33. The third-order valence-corrected chi connectivity index (χ3v) is 6.20. The average Bonchev–Trinajstić information content (AvgIpc) is 3.31. The Morgan fingerprint density at radius 2 is 1.85 bits per heavy atom. The van der Waals surface area contributed by atoms with Crippen LogP contribution in [0.4, 0.5) is 27.1 Å². The molecule has 0 saturated heterocycles. The Morgan fingerprint density at radius 1 is 1.12 bits per heavy atom. The van der Waals surface area contributed by atoms with Gasteiger partial charge in [0.2, 0.25) is 0 Å². The van der Waals surface area contributed by atoms with Gasteiger partial charge in [0.25, 0.3) is 5.91 Å². The van der Waals surface area contributed by atoms with Crippen LogP contribution in [0.3, 0.4) is 0 Å². The molecule has 5 rings (SSSR count). The van der Waals surface area contributed by atoms with Gasteiger partial charge < -0.3 is 26.0 Å². The number of carbonyl (C=O) groups excluding carboxylic acids is 1. The van der Waals surface area contributed by atoms with E-state index >= 15 is 0 Å². The van der Waals surface area contributed by atoms with Gasteiger partial charge in [0.1, 0.15) is 17.2 Å². The average molecular weight is 487 g/mol. The zero-order valence-corrected chi connectivity index (χ0v) is 19.4. The molecule has 6 nitrogen and oxygen atoms in total. The van der Waals surface area contributed by atoms with Crippen LogP contribution in [0.2, 0.25) is 10.0 Å². The number of carbonyl (C=O) groups is 1. The topological polar surface area (TPSA) is 74.4 Å². The quantitative estimate of drug-likeness (QED) is 0.346. The summed E-state index contributed by atoms with van der Waals surface area (Å²) in [6.45, 7) is 3.92. The number of anilines is 4. The first-order valence-corrected chi connectivity index (χ1v) is 11.2. The number of ether oxygens (including phenoxy) is 1. The lowest BCUT2D eigenvalue weighted by Gasteiger charge is -2.19. The molecule has 0 radical (unpaired) electrons. The van der Waals surface area contributed by atoms with Crippen molar-refractivity contribution in [1.29, 1.82) is 0 Å². The summed E-state index contributed by atoms with van der Waals surface area (Å²) in [7, 11) is 0. The first-order valence-electron chi connectivity index (χ1n) is 10.4. The number of para-hydroxylation sites is 2. The molecule has 2 heterocycles. The molecule has 0 saturated carbocycles. The Bertz CT molecular complexity index is 1260. The molecule has 0 fully saturated rings. The van der Waals surface area contributed by atoms with Crippen LogP contribution >= 0.6 is 23.2 Å². The zero-order chi connectivity index (χ0) is 23.3. The number of hydrogen-bond donors (Lipinski definition) is 4. The van der Waals surface area contributed by atoms with E-state index in [1.807, 2.05) is 13.8 Å². The van der Waals surface area contributed by atoms with Crippen molar-refractivity contribution in [2.75, 3.05) is 21.3 Å². The van der Waals surface area contributed by atoms with Gasteiger partial charge in [-0.05, 0) is 44.2 Å². The number of rotatable bonds is 4. The van der Waals surface area contributed by atoms with Crippen LogP contribution in [0.15, 0.2) is 48.5 Å². The summed E-state index contributed by atoms with van der Waals surface area (Å²) in [5.41, 5.74) is 2.94. The minimum atomic E-state index is -0.509. The summed E-state index contributed by atoms with van der Waals surface area (Å²) >= 11 is 12.6. The van der Waals surface area contributed by atoms with Crippen LogP contribution in [0.25, 0.3) is 0 Å². The van der Waals surface area contributed by atoms with Crippen LogP contribution in [-0.4, -0.2) is 17.8 Å². The fourth-order valence-corrected chi connectivity index (χ4v) is 4.64. The van der Waals surface area contributed by atoms with E-state index in [1.54, 1.807) is 36.4 Å². The van der Waals surface area contributed by atoms with Crippen LogP contribution in [0, 0.1) is 5.82 Å². The van der Waals surface area contributed by atoms with Gasteiger partial charge in [-0.1, -0.05) is 41.4 Å². The van der Waals surface area contributed by atoms with E-state index in [2.05, 4.69) is 21.3 Å². The van der Waals surface area contributed by atoms with E-state index in [9.17, 15) is 9.18 Å². The number of halogens is 3. The van der Waals surface area contributed by atoms with Crippen LogP contribution in [0.1, 0.15) is 29.8 Å². The second-order valence-corrected chi connectivity index (χ2v) is 9.40. The molecule has 33 heavy (non-hydrogen) atoms. The molecular formula is C24H21Cl2FN4O2. The van der Waals surface area contributed by atoms with Gasteiger partial charge in [-0.2, -0.15) is 0 Å². The fraction of sp³-hybridized carbons (Fsp3) is 0.208. The molecule has 1 atom stereocenters. The summed E-state index contributed by atoms with van der Waals surface area (Å²) < 4.78 is 20.3. The zero-order valence-electron chi connectivity index (χ0n) is 17.9. The van der Waals surface area contributed by atoms with Gasteiger partial charge in [0.15, 0.2) is 6.29 Å². The van der Waals surface area contributed by atoms with E-state index in [1.165, 1.54) is 12.1 Å². The molecule has 2 aliphatic rings. The summed E-state index contributed by atoms with van der Waals surface area (Å²) in [5, 5.41) is 13.6. The van der Waals surface area contributed by atoms with Gasteiger partial charge in [0.05, 0.1) is 38.4 Å². The third-order valence-electron chi connectivity index (χ3n) is 5.57. The SMILES string of the molecule is CC1(C)Cc2c3c(cc(C(=O)Nc4ccccc4F)c2O1)NC(Nc1c(Cl)cccc1Cl)N3. The largest absolute Gasteiger partial charge is 0.486 e. The fourth-order valence-electron chi connectivity index (χ4n) is 4.13. The Labute approximate surface area is 200 Å². The predicted molar refractivity (Wildman–Crippen MR) is 130 cm³/mol. The summed E-state index contributed by atoms with van der Waals surface area (Å²) in [6, 6.07) is 13.0. The molecule has 0 aromatic heterocycles. The first kappa shape index (κ1) is 21.7. The molecule has 4 N–H and O–H groups in total. The van der Waals surface area contributed by atoms with Crippen LogP contribution < -0.4 is 26.0 Å². The van der Waals surface area contributed by atoms with Gasteiger partial charge in [-0.3, -0.25) is 4.79 Å². The van der Waals surface area contributed by atoms with Gasteiger partial charge in [0, 0.05) is 12.0 Å². The highest BCUT2D eigenvalue weighted by Crippen LogP contribution is 2.48. The van der Waals surface area contributed by atoms with Crippen molar-refractivity contribution >= 4 is 51.9 Å². The number of benzene rings is 3.